The molecule has 9 nitrogen and oxygen atoms in total. The van der Waals surface area contributed by atoms with Crippen molar-refractivity contribution in [3.63, 3.8) is 0 Å². The van der Waals surface area contributed by atoms with Gasteiger partial charge in [-0.3, -0.25) is 19.4 Å². The normalized spacial score (nSPS) is 18.8. The molecule has 5 N–H and O–H groups in total. The maximum atomic E-state index is 13.3. The van der Waals surface area contributed by atoms with Gasteiger partial charge in [-0.2, -0.15) is 5.10 Å². The Bertz CT molecular complexity index is 1110. The summed E-state index contributed by atoms with van der Waals surface area (Å²) in [7, 11) is 0. The lowest BCUT2D eigenvalue weighted by molar-refractivity contribution is -0.123. The van der Waals surface area contributed by atoms with Gasteiger partial charge in [0.05, 0.1) is 5.69 Å². The summed E-state index contributed by atoms with van der Waals surface area (Å²) in [6.45, 7) is 2.62. The van der Waals surface area contributed by atoms with Gasteiger partial charge in [-0.15, -0.1) is 0 Å². The van der Waals surface area contributed by atoms with E-state index in [1.54, 1.807) is 0 Å². The molecule has 0 aliphatic carbocycles. The molecule has 0 aromatic heterocycles. The molecule has 0 bridgehead atoms. The first-order valence-corrected chi connectivity index (χ1v) is 11.6. The number of halogens is 1. The van der Waals surface area contributed by atoms with Crippen LogP contribution < -0.4 is 21.8 Å². The Morgan fingerprint density at radius 2 is 1.63 bits per heavy atom. The number of nitrogens with one attached hydrogen (secondary N) is 1. The van der Waals surface area contributed by atoms with Crippen molar-refractivity contribution in [1.29, 1.82) is 0 Å². The number of hydrazone groups is 1. The lowest BCUT2D eigenvalue weighted by atomic mass is 9.96. The number of carbonyl (C=O) groups excluding carboxylic acids is 3. The second kappa shape index (κ2) is 10.6. The second-order valence-electron chi connectivity index (χ2n) is 8.91. The fraction of sp³-hybridized carbons (Fsp3) is 0.360. The molecule has 3 amide bonds. The van der Waals surface area contributed by atoms with E-state index < -0.39 is 23.7 Å². The standard InChI is InChI=1S/C25H29FN6O3/c26-18-3-7-20(8-4-18)32-22(24(28)34)15-21(30-32)25(35)29-19-5-1-16(2-6-19)9-12-31-13-10-17(11-14-31)23(27)33/h1-8,17,22H,9-15H2,(H2,27,33)(H2,28,34)(H,29,35). The first-order valence-electron chi connectivity index (χ1n) is 11.6. The molecule has 0 spiro atoms. The summed E-state index contributed by atoms with van der Waals surface area (Å²) in [6.07, 6.45) is 2.52. The van der Waals surface area contributed by atoms with Crippen LogP contribution in [0.1, 0.15) is 24.8 Å². The number of nitrogens with zero attached hydrogens (tertiary/aromatic N) is 3. The van der Waals surface area contributed by atoms with E-state index in [4.69, 9.17) is 11.5 Å². The van der Waals surface area contributed by atoms with Gasteiger partial charge in [0, 0.05) is 24.6 Å². The SMILES string of the molecule is NC(=O)C1CCN(CCc2ccc(NC(=O)C3=NN(c4ccc(F)cc4)C(C(N)=O)C3)cc2)CC1. The summed E-state index contributed by atoms with van der Waals surface area (Å²) < 4.78 is 13.3. The zero-order valence-corrected chi connectivity index (χ0v) is 19.3. The van der Waals surface area contributed by atoms with Gasteiger partial charge in [-0.25, -0.2) is 4.39 Å². The van der Waals surface area contributed by atoms with E-state index in [9.17, 15) is 18.8 Å². The molecule has 2 aromatic carbocycles. The third-order valence-corrected chi connectivity index (χ3v) is 6.51. The topological polar surface area (TPSA) is 134 Å². The molecule has 1 fully saturated rings. The van der Waals surface area contributed by atoms with Gasteiger partial charge in [0.25, 0.3) is 5.91 Å². The third-order valence-electron chi connectivity index (χ3n) is 6.51. The van der Waals surface area contributed by atoms with E-state index in [2.05, 4.69) is 15.3 Å². The van der Waals surface area contributed by atoms with E-state index in [0.29, 0.717) is 11.4 Å². The Balaban J connectivity index is 1.32. The summed E-state index contributed by atoms with van der Waals surface area (Å²) in [5.74, 6) is -1.68. The van der Waals surface area contributed by atoms with E-state index in [1.165, 1.54) is 29.3 Å². The minimum Gasteiger partial charge on any atom is -0.369 e. The number of hydrogen-bond acceptors (Lipinski definition) is 6. The van der Waals surface area contributed by atoms with Crippen molar-refractivity contribution in [2.45, 2.75) is 31.7 Å². The first kappa shape index (κ1) is 24.3. The van der Waals surface area contributed by atoms with Crippen LogP contribution in [0.3, 0.4) is 0 Å². The number of amides is 3. The van der Waals surface area contributed by atoms with Crippen LogP contribution in [0.25, 0.3) is 0 Å². The Hall–Kier alpha value is -3.79. The van der Waals surface area contributed by atoms with Crippen LogP contribution in [-0.2, 0) is 20.8 Å². The van der Waals surface area contributed by atoms with Gasteiger partial charge in [0.2, 0.25) is 11.8 Å². The van der Waals surface area contributed by atoms with E-state index in [1.807, 2.05) is 24.3 Å². The third kappa shape index (κ3) is 6.02. The molecule has 2 aliphatic rings. The van der Waals surface area contributed by atoms with Crippen LogP contribution in [0.4, 0.5) is 15.8 Å². The molecular weight excluding hydrogens is 451 g/mol. The minimum atomic E-state index is -0.823. The highest BCUT2D eigenvalue weighted by Gasteiger charge is 2.35. The van der Waals surface area contributed by atoms with Crippen LogP contribution in [0.5, 0.6) is 0 Å². The predicted molar refractivity (Wildman–Crippen MR) is 131 cm³/mol. The van der Waals surface area contributed by atoms with Gasteiger partial charge in [0.15, 0.2) is 0 Å². The van der Waals surface area contributed by atoms with Crippen molar-refractivity contribution >= 4 is 34.8 Å². The van der Waals surface area contributed by atoms with Gasteiger partial charge in [-0.05, 0) is 74.3 Å². The summed E-state index contributed by atoms with van der Waals surface area (Å²) in [5, 5.41) is 8.44. The summed E-state index contributed by atoms with van der Waals surface area (Å²) in [6, 6.07) is 12.2. The molecule has 4 rings (SSSR count). The zero-order chi connectivity index (χ0) is 24.9. The fourth-order valence-corrected chi connectivity index (χ4v) is 4.39. The Morgan fingerprint density at radius 1 is 0.971 bits per heavy atom. The largest absolute Gasteiger partial charge is 0.369 e. The van der Waals surface area contributed by atoms with Crippen LogP contribution in [0.15, 0.2) is 53.6 Å². The number of carbonyl (C=O) groups is 3. The van der Waals surface area contributed by atoms with Crippen molar-refractivity contribution < 1.29 is 18.8 Å². The fourth-order valence-electron chi connectivity index (χ4n) is 4.39. The zero-order valence-electron chi connectivity index (χ0n) is 19.3. The number of hydrogen-bond donors (Lipinski definition) is 3. The summed E-state index contributed by atoms with van der Waals surface area (Å²) in [5.41, 5.74) is 13.3. The molecule has 1 atom stereocenters. The minimum absolute atomic E-state index is 0.0142. The molecule has 10 heteroatoms. The number of rotatable bonds is 8. The molecule has 2 aromatic rings. The highest BCUT2D eigenvalue weighted by Crippen LogP contribution is 2.25. The van der Waals surface area contributed by atoms with Gasteiger partial charge in [-0.1, -0.05) is 12.1 Å². The second-order valence-corrected chi connectivity index (χ2v) is 8.91. The van der Waals surface area contributed by atoms with Gasteiger partial charge >= 0.3 is 0 Å². The van der Waals surface area contributed by atoms with Crippen molar-refractivity contribution in [2.75, 3.05) is 30.0 Å². The van der Waals surface area contributed by atoms with Crippen LogP contribution in [0.2, 0.25) is 0 Å². The highest BCUT2D eigenvalue weighted by atomic mass is 19.1. The smallest absolute Gasteiger partial charge is 0.271 e. The highest BCUT2D eigenvalue weighted by molar-refractivity contribution is 6.44. The summed E-state index contributed by atoms with van der Waals surface area (Å²) >= 11 is 0. The molecule has 0 radical (unpaired) electrons. The monoisotopic (exact) mass is 480 g/mol. The average molecular weight is 481 g/mol. The maximum absolute atomic E-state index is 13.3. The first-order chi connectivity index (χ1) is 16.8. The lowest BCUT2D eigenvalue weighted by Gasteiger charge is -2.30. The lowest BCUT2D eigenvalue weighted by Crippen LogP contribution is -2.39. The molecule has 1 saturated heterocycles. The van der Waals surface area contributed by atoms with Crippen molar-refractivity contribution in [2.24, 2.45) is 22.5 Å². The van der Waals surface area contributed by atoms with Crippen LogP contribution in [0, 0.1) is 11.7 Å². The van der Waals surface area contributed by atoms with E-state index in [-0.39, 0.29) is 24.0 Å². The molecule has 1 unspecified atom stereocenters. The number of nitrogens with two attached hydrogens (primary N) is 2. The van der Waals surface area contributed by atoms with Gasteiger partial charge in [0.1, 0.15) is 17.6 Å². The van der Waals surface area contributed by atoms with Crippen molar-refractivity contribution in [3.8, 4) is 0 Å². The number of piperidine rings is 1. The van der Waals surface area contributed by atoms with Crippen LogP contribution in [-0.4, -0.2) is 54.0 Å². The Kier molecular flexibility index (Phi) is 7.40. The molecule has 35 heavy (non-hydrogen) atoms. The Morgan fingerprint density at radius 3 is 2.23 bits per heavy atom. The van der Waals surface area contributed by atoms with Crippen molar-refractivity contribution in [3.05, 3.63) is 59.9 Å². The van der Waals surface area contributed by atoms with E-state index >= 15 is 0 Å². The molecule has 0 saturated carbocycles. The molecule has 2 heterocycles. The predicted octanol–water partition coefficient (Wildman–Crippen LogP) is 1.62. The number of benzene rings is 2. The van der Waals surface area contributed by atoms with Gasteiger partial charge < -0.3 is 21.7 Å². The number of primary amides is 2. The number of likely N-dealkylation sites (tertiary alicyclic amines) is 1. The van der Waals surface area contributed by atoms with E-state index in [0.717, 1.165) is 44.5 Å². The Labute approximate surface area is 202 Å². The summed E-state index contributed by atoms with van der Waals surface area (Å²) in [4.78, 5) is 38.3. The maximum Gasteiger partial charge on any atom is 0.271 e. The number of anilines is 2. The van der Waals surface area contributed by atoms with Crippen molar-refractivity contribution in [1.82, 2.24) is 4.90 Å². The quantitative estimate of drug-likeness (QED) is 0.528. The molecule has 184 valence electrons. The average Bonchev–Trinajstić information content (AvgIpc) is 3.30. The van der Waals surface area contributed by atoms with Crippen LogP contribution >= 0.6 is 0 Å². The molecular formula is C25H29FN6O3. The molecule has 2 aliphatic heterocycles.